The average Bonchev–Trinajstić information content (AvgIpc) is 3.11. The highest BCUT2D eigenvalue weighted by atomic mass is 19.4. The number of carbonyl (C=O) groups excluding carboxylic acids is 1. The number of nitrogen functional groups attached to an aromatic ring is 1. The predicted octanol–water partition coefficient (Wildman–Crippen LogP) is 2.56. The van der Waals surface area contributed by atoms with Gasteiger partial charge < -0.3 is 15.8 Å². The Bertz CT molecular complexity index is 510. The molecule has 0 radical (unpaired) electrons. The van der Waals surface area contributed by atoms with Gasteiger partial charge in [-0.25, -0.2) is 4.79 Å². The fraction of sp³-hybridized carbons (Fsp3) is 0.417. The second-order valence-electron chi connectivity index (χ2n) is 4.50. The number of anilines is 2. The molecule has 1 saturated carbocycles. The molecule has 7 heteroatoms. The summed E-state index contributed by atoms with van der Waals surface area (Å²) in [5.74, 6) is -0.729. The topological polar surface area (TPSA) is 64.3 Å². The number of ether oxygens (including phenoxy) is 1. The molecule has 0 atom stereocenters. The van der Waals surface area contributed by atoms with Gasteiger partial charge in [-0.15, -0.1) is 0 Å². The minimum Gasteiger partial charge on any atom is -0.465 e. The van der Waals surface area contributed by atoms with Gasteiger partial charge in [-0.1, -0.05) is 0 Å². The standard InChI is InChI=1S/C12H13F3N2O2/c1-19-10(18)8-6-7(16)2-3-9(8)17-11(4-5-11)12(13,14)15/h2-3,6,17H,4-5,16H2,1H3. The number of nitrogens with one attached hydrogen (secondary N) is 1. The molecule has 1 fully saturated rings. The Morgan fingerprint density at radius 1 is 1.42 bits per heavy atom. The molecule has 0 aliphatic heterocycles. The third-order valence-corrected chi connectivity index (χ3v) is 3.12. The van der Waals surface area contributed by atoms with E-state index >= 15 is 0 Å². The molecule has 1 aliphatic rings. The van der Waals surface area contributed by atoms with Crippen LogP contribution >= 0.6 is 0 Å². The number of alkyl halides is 3. The number of methoxy groups -OCH3 is 1. The molecule has 0 unspecified atom stereocenters. The van der Waals surface area contributed by atoms with Crippen molar-refractivity contribution in [3.8, 4) is 0 Å². The van der Waals surface area contributed by atoms with Crippen LogP contribution < -0.4 is 11.1 Å². The molecule has 104 valence electrons. The van der Waals surface area contributed by atoms with Crippen molar-refractivity contribution >= 4 is 17.3 Å². The maximum Gasteiger partial charge on any atom is 0.411 e. The lowest BCUT2D eigenvalue weighted by Gasteiger charge is -2.23. The quantitative estimate of drug-likeness (QED) is 0.656. The van der Waals surface area contributed by atoms with Gasteiger partial charge in [0, 0.05) is 11.4 Å². The molecule has 0 heterocycles. The summed E-state index contributed by atoms with van der Waals surface area (Å²) in [4.78, 5) is 11.5. The normalized spacial score (nSPS) is 16.8. The highest BCUT2D eigenvalue weighted by Crippen LogP contribution is 2.51. The Labute approximate surface area is 107 Å². The molecule has 0 aromatic heterocycles. The van der Waals surface area contributed by atoms with Crippen LogP contribution in [0, 0.1) is 0 Å². The zero-order valence-electron chi connectivity index (χ0n) is 10.2. The van der Waals surface area contributed by atoms with E-state index in [1.165, 1.54) is 18.2 Å². The lowest BCUT2D eigenvalue weighted by molar-refractivity contribution is -0.151. The Kier molecular flexibility index (Phi) is 3.07. The largest absolute Gasteiger partial charge is 0.465 e. The monoisotopic (exact) mass is 274 g/mol. The van der Waals surface area contributed by atoms with Crippen molar-refractivity contribution in [3.63, 3.8) is 0 Å². The minimum absolute atomic E-state index is 0.00183. The van der Waals surface area contributed by atoms with Gasteiger partial charge in [-0.05, 0) is 31.0 Å². The van der Waals surface area contributed by atoms with Gasteiger partial charge in [-0.2, -0.15) is 13.2 Å². The molecule has 1 aromatic carbocycles. The molecular formula is C12H13F3N2O2. The lowest BCUT2D eigenvalue weighted by atomic mass is 10.1. The van der Waals surface area contributed by atoms with Crippen molar-refractivity contribution in [1.29, 1.82) is 0 Å². The molecular weight excluding hydrogens is 261 g/mol. The first-order valence-corrected chi connectivity index (χ1v) is 5.62. The number of esters is 1. The van der Waals surface area contributed by atoms with E-state index in [0.717, 1.165) is 7.11 Å². The number of rotatable bonds is 3. The highest BCUT2D eigenvalue weighted by Gasteiger charge is 2.63. The molecule has 0 saturated heterocycles. The predicted molar refractivity (Wildman–Crippen MR) is 63.8 cm³/mol. The first kappa shape index (κ1) is 13.5. The first-order valence-electron chi connectivity index (χ1n) is 5.62. The Morgan fingerprint density at radius 3 is 2.53 bits per heavy atom. The molecule has 2 rings (SSSR count). The van der Waals surface area contributed by atoms with Crippen molar-refractivity contribution in [1.82, 2.24) is 0 Å². The van der Waals surface area contributed by atoms with E-state index in [9.17, 15) is 18.0 Å². The van der Waals surface area contributed by atoms with Crippen molar-refractivity contribution in [2.75, 3.05) is 18.2 Å². The SMILES string of the molecule is COC(=O)c1cc(N)ccc1NC1(C(F)(F)F)CC1. The van der Waals surface area contributed by atoms with Crippen LogP contribution in [0.3, 0.4) is 0 Å². The highest BCUT2D eigenvalue weighted by molar-refractivity contribution is 5.96. The Morgan fingerprint density at radius 2 is 2.05 bits per heavy atom. The lowest BCUT2D eigenvalue weighted by Crippen LogP contribution is -2.39. The molecule has 1 aromatic rings. The van der Waals surface area contributed by atoms with Crippen LogP contribution in [0.15, 0.2) is 18.2 Å². The number of nitrogens with two attached hydrogens (primary N) is 1. The molecule has 1 aliphatic carbocycles. The molecule has 0 bridgehead atoms. The first-order chi connectivity index (χ1) is 8.79. The van der Waals surface area contributed by atoms with Gasteiger partial charge >= 0.3 is 12.1 Å². The number of benzene rings is 1. The number of hydrogen-bond acceptors (Lipinski definition) is 4. The zero-order chi connectivity index (χ0) is 14.3. The van der Waals surface area contributed by atoms with Crippen molar-refractivity contribution in [2.45, 2.75) is 24.6 Å². The summed E-state index contributed by atoms with van der Waals surface area (Å²) in [5, 5.41) is 2.40. The van der Waals surface area contributed by atoms with Crippen molar-refractivity contribution in [3.05, 3.63) is 23.8 Å². The summed E-state index contributed by atoms with van der Waals surface area (Å²) in [6.07, 6.45) is -4.38. The fourth-order valence-electron chi connectivity index (χ4n) is 1.81. The van der Waals surface area contributed by atoms with Crippen LogP contribution in [0.2, 0.25) is 0 Å². The van der Waals surface area contributed by atoms with Crippen LogP contribution in [-0.4, -0.2) is 24.8 Å². The summed E-state index contributed by atoms with van der Waals surface area (Å²) < 4.78 is 43.2. The van der Waals surface area contributed by atoms with E-state index < -0.39 is 17.7 Å². The summed E-state index contributed by atoms with van der Waals surface area (Å²) in [6, 6.07) is 4.08. The van der Waals surface area contributed by atoms with Gasteiger partial charge in [0.15, 0.2) is 0 Å². The van der Waals surface area contributed by atoms with Gasteiger partial charge in [0.05, 0.1) is 12.7 Å². The van der Waals surface area contributed by atoms with Crippen LogP contribution in [0.1, 0.15) is 23.2 Å². The number of hydrogen-bond donors (Lipinski definition) is 2. The third-order valence-electron chi connectivity index (χ3n) is 3.12. The van der Waals surface area contributed by atoms with E-state index in [0.29, 0.717) is 0 Å². The van der Waals surface area contributed by atoms with E-state index in [2.05, 4.69) is 10.1 Å². The number of carbonyl (C=O) groups is 1. The molecule has 0 spiro atoms. The molecule has 19 heavy (non-hydrogen) atoms. The van der Waals surface area contributed by atoms with Crippen LogP contribution in [-0.2, 0) is 4.74 Å². The zero-order valence-corrected chi connectivity index (χ0v) is 10.2. The van der Waals surface area contributed by atoms with Gasteiger partial charge in [0.25, 0.3) is 0 Å². The maximum absolute atomic E-state index is 12.9. The summed E-state index contributed by atoms with van der Waals surface area (Å²) in [7, 11) is 1.16. The maximum atomic E-state index is 12.9. The summed E-state index contributed by atoms with van der Waals surface area (Å²) >= 11 is 0. The molecule has 3 N–H and O–H groups in total. The molecule has 4 nitrogen and oxygen atoms in total. The van der Waals surface area contributed by atoms with Gasteiger partial charge in [0.2, 0.25) is 0 Å². The van der Waals surface area contributed by atoms with Gasteiger partial charge in [0.1, 0.15) is 5.54 Å². The fourth-order valence-corrected chi connectivity index (χ4v) is 1.81. The Balaban J connectivity index is 2.33. The van der Waals surface area contributed by atoms with Crippen molar-refractivity contribution in [2.24, 2.45) is 0 Å². The number of halogens is 3. The van der Waals surface area contributed by atoms with Crippen LogP contribution in [0.4, 0.5) is 24.5 Å². The smallest absolute Gasteiger partial charge is 0.411 e. The summed E-state index contributed by atoms with van der Waals surface area (Å²) in [6.45, 7) is 0. The van der Waals surface area contributed by atoms with Crippen LogP contribution in [0.25, 0.3) is 0 Å². The van der Waals surface area contributed by atoms with Gasteiger partial charge in [-0.3, -0.25) is 0 Å². The Hall–Kier alpha value is -1.92. The second kappa shape index (κ2) is 4.32. The van der Waals surface area contributed by atoms with E-state index in [1.807, 2.05) is 0 Å². The van der Waals surface area contributed by atoms with Crippen LogP contribution in [0.5, 0.6) is 0 Å². The van der Waals surface area contributed by atoms with E-state index in [-0.39, 0.29) is 29.8 Å². The second-order valence-corrected chi connectivity index (χ2v) is 4.50. The molecule has 0 amide bonds. The van der Waals surface area contributed by atoms with E-state index in [4.69, 9.17) is 5.73 Å². The van der Waals surface area contributed by atoms with Crippen molar-refractivity contribution < 1.29 is 22.7 Å². The van der Waals surface area contributed by atoms with E-state index in [1.54, 1.807) is 0 Å². The average molecular weight is 274 g/mol. The summed E-state index contributed by atoms with van der Waals surface area (Å²) in [5.41, 5.74) is 3.95. The minimum atomic E-state index is -4.36. The third kappa shape index (κ3) is 2.45.